The van der Waals surface area contributed by atoms with E-state index in [1.807, 2.05) is 19.1 Å². The molecule has 0 bridgehead atoms. The van der Waals surface area contributed by atoms with E-state index >= 15 is 0 Å². The number of hydrogen-bond acceptors (Lipinski definition) is 3. The van der Waals surface area contributed by atoms with Crippen molar-refractivity contribution in [1.82, 2.24) is 10.6 Å². The van der Waals surface area contributed by atoms with E-state index < -0.39 is 5.54 Å². The number of carbonyl (C=O) groups excluding carboxylic acids is 1. The molecule has 2 aliphatic heterocycles. The molecule has 4 heteroatoms. The Kier molecular flexibility index (Phi) is 2.37. The van der Waals surface area contributed by atoms with Crippen molar-refractivity contribution in [3.63, 3.8) is 0 Å². The standard InChI is InChI=1S/C10H15N3O/c1-2-3-8-12-9(14)10(13-8)4-6-11-7-5-10/h2-3,11H,4-7H2,1H3,(H,12,13,14). The van der Waals surface area contributed by atoms with E-state index in [0.29, 0.717) is 5.84 Å². The van der Waals surface area contributed by atoms with E-state index in [1.54, 1.807) is 0 Å². The molecule has 4 nitrogen and oxygen atoms in total. The summed E-state index contributed by atoms with van der Waals surface area (Å²) >= 11 is 0. The van der Waals surface area contributed by atoms with Crippen LogP contribution in [0.25, 0.3) is 0 Å². The maximum atomic E-state index is 11.7. The Morgan fingerprint density at radius 2 is 2.14 bits per heavy atom. The third-order valence-corrected chi connectivity index (χ3v) is 2.75. The van der Waals surface area contributed by atoms with Gasteiger partial charge in [0, 0.05) is 0 Å². The van der Waals surface area contributed by atoms with Gasteiger partial charge < -0.3 is 10.6 Å². The molecule has 2 aliphatic rings. The van der Waals surface area contributed by atoms with Gasteiger partial charge in [0.1, 0.15) is 11.4 Å². The van der Waals surface area contributed by atoms with Crippen LogP contribution in [-0.2, 0) is 4.79 Å². The van der Waals surface area contributed by atoms with Crippen molar-refractivity contribution in [2.45, 2.75) is 25.3 Å². The number of rotatable bonds is 1. The van der Waals surface area contributed by atoms with Crippen LogP contribution >= 0.6 is 0 Å². The number of amides is 1. The first kappa shape index (κ1) is 9.40. The lowest BCUT2D eigenvalue weighted by Crippen LogP contribution is -2.47. The molecule has 0 aromatic heterocycles. The van der Waals surface area contributed by atoms with Crippen LogP contribution in [0.15, 0.2) is 17.1 Å². The first-order valence-corrected chi connectivity index (χ1v) is 5.01. The summed E-state index contributed by atoms with van der Waals surface area (Å²) in [6, 6.07) is 0. The first-order valence-electron chi connectivity index (χ1n) is 5.01. The molecule has 2 heterocycles. The smallest absolute Gasteiger partial charge is 0.253 e. The Labute approximate surface area is 83.5 Å². The average Bonchev–Trinajstić information content (AvgIpc) is 2.45. The molecule has 1 spiro atoms. The molecule has 2 rings (SSSR count). The van der Waals surface area contributed by atoms with Gasteiger partial charge in [0.05, 0.1) is 0 Å². The molecule has 0 saturated carbocycles. The molecule has 0 aliphatic carbocycles. The van der Waals surface area contributed by atoms with Gasteiger partial charge in [-0.15, -0.1) is 0 Å². The molecule has 0 aromatic carbocycles. The lowest BCUT2D eigenvalue weighted by molar-refractivity contribution is -0.124. The number of aliphatic imine (C=N–C) groups is 1. The summed E-state index contributed by atoms with van der Waals surface area (Å²) in [6.07, 6.45) is 5.34. The Morgan fingerprint density at radius 3 is 2.79 bits per heavy atom. The second-order valence-electron chi connectivity index (χ2n) is 3.73. The normalized spacial score (nSPS) is 25.5. The minimum Gasteiger partial charge on any atom is -0.317 e. The fourth-order valence-electron chi connectivity index (χ4n) is 1.96. The molecule has 0 radical (unpaired) electrons. The highest BCUT2D eigenvalue weighted by Crippen LogP contribution is 2.26. The summed E-state index contributed by atoms with van der Waals surface area (Å²) in [7, 11) is 0. The Hall–Kier alpha value is -1.16. The SMILES string of the molecule is CC=CC1=NC2(CCNCC2)C(=O)N1. The molecule has 1 saturated heterocycles. The van der Waals surface area contributed by atoms with Crippen molar-refractivity contribution in [2.24, 2.45) is 4.99 Å². The molecule has 76 valence electrons. The number of amidine groups is 1. The van der Waals surface area contributed by atoms with Gasteiger partial charge in [-0.25, -0.2) is 0 Å². The third-order valence-electron chi connectivity index (χ3n) is 2.75. The first-order chi connectivity index (χ1) is 6.77. The Bertz CT molecular complexity index is 300. The van der Waals surface area contributed by atoms with Gasteiger partial charge in [0.2, 0.25) is 0 Å². The molecule has 0 unspecified atom stereocenters. The summed E-state index contributed by atoms with van der Waals surface area (Å²) in [5.74, 6) is 0.770. The molecule has 0 aromatic rings. The van der Waals surface area contributed by atoms with Gasteiger partial charge in [0.25, 0.3) is 5.91 Å². The van der Waals surface area contributed by atoms with E-state index in [2.05, 4.69) is 15.6 Å². The summed E-state index contributed by atoms with van der Waals surface area (Å²) in [4.78, 5) is 16.2. The van der Waals surface area contributed by atoms with Crippen LogP contribution in [0, 0.1) is 0 Å². The van der Waals surface area contributed by atoms with Gasteiger partial charge in [-0.05, 0) is 38.9 Å². The molecule has 0 atom stereocenters. The van der Waals surface area contributed by atoms with Gasteiger partial charge in [-0.2, -0.15) is 0 Å². The van der Waals surface area contributed by atoms with Gasteiger partial charge in [-0.3, -0.25) is 9.79 Å². The van der Waals surface area contributed by atoms with E-state index in [1.165, 1.54) is 0 Å². The summed E-state index contributed by atoms with van der Waals surface area (Å²) in [5, 5.41) is 6.05. The lowest BCUT2D eigenvalue weighted by Gasteiger charge is -2.27. The van der Waals surface area contributed by atoms with Crippen LogP contribution in [0.1, 0.15) is 19.8 Å². The zero-order valence-electron chi connectivity index (χ0n) is 8.34. The number of carbonyl (C=O) groups is 1. The van der Waals surface area contributed by atoms with Crippen molar-refractivity contribution in [2.75, 3.05) is 13.1 Å². The summed E-state index contributed by atoms with van der Waals surface area (Å²) in [6.45, 7) is 3.67. The molecule has 1 fully saturated rings. The van der Waals surface area contributed by atoms with E-state index in [9.17, 15) is 4.79 Å². The largest absolute Gasteiger partial charge is 0.317 e. The third kappa shape index (κ3) is 1.46. The van der Waals surface area contributed by atoms with Crippen LogP contribution in [0.3, 0.4) is 0 Å². The van der Waals surface area contributed by atoms with Crippen molar-refractivity contribution < 1.29 is 4.79 Å². The number of piperidine rings is 1. The van der Waals surface area contributed by atoms with Crippen molar-refractivity contribution in [1.29, 1.82) is 0 Å². The fraction of sp³-hybridized carbons (Fsp3) is 0.600. The van der Waals surface area contributed by atoms with Crippen LogP contribution in [0.2, 0.25) is 0 Å². The van der Waals surface area contributed by atoms with E-state index in [0.717, 1.165) is 25.9 Å². The molecular formula is C10H15N3O. The number of hydrogen-bond donors (Lipinski definition) is 2. The number of nitrogens with zero attached hydrogens (tertiary/aromatic N) is 1. The highest BCUT2D eigenvalue weighted by molar-refractivity contribution is 6.12. The summed E-state index contributed by atoms with van der Waals surface area (Å²) in [5.41, 5.74) is -0.472. The van der Waals surface area contributed by atoms with Crippen LogP contribution in [0.5, 0.6) is 0 Å². The van der Waals surface area contributed by atoms with Gasteiger partial charge in [-0.1, -0.05) is 6.08 Å². The zero-order chi connectivity index (χ0) is 10.0. The van der Waals surface area contributed by atoms with Crippen molar-refractivity contribution in [3.8, 4) is 0 Å². The minimum absolute atomic E-state index is 0.0621. The molecular weight excluding hydrogens is 178 g/mol. The average molecular weight is 193 g/mol. The summed E-state index contributed by atoms with van der Waals surface area (Å²) < 4.78 is 0. The monoisotopic (exact) mass is 193 g/mol. The van der Waals surface area contributed by atoms with E-state index in [-0.39, 0.29) is 5.91 Å². The lowest BCUT2D eigenvalue weighted by atomic mass is 9.89. The second-order valence-corrected chi connectivity index (χ2v) is 3.73. The van der Waals surface area contributed by atoms with E-state index in [4.69, 9.17) is 0 Å². The predicted molar refractivity (Wildman–Crippen MR) is 55.2 cm³/mol. The highest BCUT2D eigenvalue weighted by Gasteiger charge is 2.43. The van der Waals surface area contributed by atoms with Crippen LogP contribution < -0.4 is 10.6 Å². The topological polar surface area (TPSA) is 53.5 Å². The number of nitrogens with one attached hydrogen (secondary N) is 2. The van der Waals surface area contributed by atoms with Crippen LogP contribution in [-0.4, -0.2) is 30.4 Å². The maximum absolute atomic E-state index is 11.7. The zero-order valence-corrected chi connectivity index (χ0v) is 8.34. The van der Waals surface area contributed by atoms with Gasteiger partial charge in [0.15, 0.2) is 0 Å². The quantitative estimate of drug-likeness (QED) is 0.625. The minimum atomic E-state index is -0.472. The van der Waals surface area contributed by atoms with Crippen molar-refractivity contribution >= 4 is 11.7 Å². The Morgan fingerprint density at radius 1 is 1.43 bits per heavy atom. The molecule has 14 heavy (non-hydrogen) atoms. The molecule has 1 amide bonds. The fourth-order valence-corrected chi connectivity index (χ4v) is 1.96. The maximum Gasteiger partial charge on any atom is 0.253 e. The highest BCUT2D eigenvalue weighted by atomic mass is 16.2. The van der Waals surface area contributed by atoms with Crippen molar-refractivity contribution in [3.05, 3.63) is 12.2 Å². The predicted octanol–water partition coefficient (Wildman–Crippen LogP) is 0.213. The van der Waals surface area contributed by atoms with Gasteiger partial charge >= 0.3 is 0 Å². The Balaban J connectivity index is 2.21. The molecule has 2 N–H and O–H groups in total. The second kappa shape index (κ2) is 3.53. The van der Waals surface area contributed by atoms with Crippen LogP contribution in [0.4, 0.5) is 0 Å². The number of allylic oxidation sites excluding steroid dienone is 1.